The van der Waals surface area contributed by atoms with Crippen LogP contribution >= 0.6 is 11.8 Å². The van der Waals surface area contributed by atoms with Crippen molar-refractivity contribution in [2.75, 3.05) is 5.32 Å². The van der Waals surface area contributed by atoms with Crippen molar-refractivity contribution in [3.05, 3.63) is 95.8 Å². The summed E-state index contributed by atoms with van der Waals surface area (Å²) < 4.78 is 13.3. The molecule has 1 N–H and O–H groups in total. The maximum Gasteiger partial charge on any atom is 0.238 e. The molecule has 5 nitrogen and oxygen atoms in total. The number of para-hydroxylation sites is 1. The Labute approximate surface area is 190 Å². The largest absolute Gasteiger partial charge is 0.325 e. The molecule has 1 saturated heterocycles. The second-order valence-corrected chi connectivity index (χ2v) is 8.68. The van der Waals surface area contributed by atoms with E-state index in [0.29, 0.717) is 16.5 Å². The van der Waals surface area contributed by atoms with Crippen molar-refractivity contribution in [2.24, 2.45) is 4.99 Å². The Bertz CT molecular complexity index is 1150. The summed E-state index contributed by atoms with van der Waals surface area (Å²) in [7, 11) is 0. The molecule has 2 amide bonds. The second kappa shape index (κ2) is 9.78. The van der Waals surface area contributed by atoms with Gasteiger partial charge in [-0.1, -0.05) is 54.2 Å². The van der Waals surface area contributed by atoms with Crippen molar-refractivity contribution in [3.8, 4) is 0 Å². The van der Waals surface area contributed by atoms with Gasteiger partial charge in [-0.25, -0.2) is 9.38 Å². The number of aryl methyl sites for hydroxylation is 1. The molecule has 4 rings (SSSR count). The molecule has 0 bridgehead atoms. The first-order valence-electron chi connectivity index (χ1n) is 10.2. The van der Waals surface area contributed by atoms with Gasteiger partial charge in [-0.3, -0.25) is 14.5 Å². The maximum absolute atomic E-state index is 13.3. The molecule has 1 aliphatic heterocycles. The summed E-state index contributed by atoms with van der Waals surface area (Å²) >= 11 is 1.26. The third-order valence-electron chi connectivity index (χ3n) is 4.95. The van der Waals surface area contributed by atoms with E-state index in [4.69, 9.17) is 0 Å². The minimum atomic E-state index is -0.602. The molecule has 162 valence electrons. The first-order valence-corrected chi connectivity index (χ1v) is 11.1. The Morgan fingerprint density at radius 2 is 1.84 bits per heavy atom. The van der Waals surface area contributed by atoms with E-state index in [1.807, 2.05) is 61.5 Å². The first kappa shape index (κ1) is 21.8. The van der Waals surface area contributed by atoms with Gasteiger partial charge in [-0.2, -0.15) is 0 Å². The summed E-state index contributed by atoms with van der Waals surface area (Å²) in [5.41, 5.74) is 3.20. The van der Waals surface area contributed by atoms with Gasteiger partial charge in [-0.15, -0.1) is 0 Å². The van der Waals surface area contributed by atoms with Crippen LogP contribution in [-0.4, -0.2) is 27.1 Å². The Hall–Kier alpha value is -3.45. The van der Waals surface area contributed by atoms with E-state index in [0.717, 1.165) is 11.1 Å². The zero-order chi connectivity index (χ0) is 22.5. The molecule has 1 atom stereocenters. The van der Waals surface area contributed by atoms with Gasteiger partial charge in [0.15, 0.2) is 5.17 Å². The Kier molecular flexibility index (Phi) is 6.66. The van der Waals surface area contributed by atoms with Gasteiger partial charge in [0.2, 0.25) is 11.8 Å². The molecule has 0 radical (unpaired) electrons. The van der Waals surface area contributed by atoms with Crippen LogP contribution in [0.1, 0.15) is 17.5 Å². The predicted octanol–water partition coefficient (Wildman–Crippen LogP) is 5.29. The lowest BCUT2D eigenvalue weighted by Gasteiger charge is -2.32. The smallest absolute Gasteiger partial charge is 0.238 e. The highest BCUT2D eigenvalue weighted by atomic mass is 32.2. The predicted molar refractivity (Wildman–Crippen MR) is 126 cm³/mol. The number of carbonyl (C=O) groups is 2. The Morgan fingerprint density at radius 1 is 1.09 bits per heavy atom. The number of anilines is 1. The van der Waals surface area contributed by atoms with Gasteiger partial charge in [0.05, 0.1) is 12.2 Å². The lowest BCUT2D eigenvalue weighted by molar-refractivity contribution is -0.129. The normalized spacial score (nSPS) is 17.4. The fraction of sp³-hybridized carbons (Fsp3) is 0.160. The third kappa shape index (κ3) is 5.42. The van der Waals surface area contributed by atoms with Crippen LogP contribution in [0.15, 0.2) is 83.9 Å². The van der Waals surface area contributed by atoms with Crippen molar-refractivity contribution in [1.29, 1.82) is 0 Å². The fourth-order valence-corrected chi connectivity index (χ4v) is 4.43. The molecule has 0 spiro atoms. The van der Waals surface area contributed by atoms with Gasteiger partial charge in [-0.05, 0) is 54.4 Å². The number of nitrogens with one attached hydrogen (secondary N) is 1. The van der Waals surface area contributed by atoms with Crippen molar-refractivity contribution in [2.45, 2.75) is 25.1 Å². The summed E-state index contributed by atoms with van der Waals surface area (Å²) in [5, 5.41) is 2.74. The minimum absolute atomic E-state index is 0.0529. The summed E-state index contributed by atoms with van der Waals surface area (Å²) in [4.78, 5) is 32.2. The summed E-state index contributed by atoms with van der Waals surface area (Å²) in [6, 6.07) is 22.8. The lowest BCUT2D eigenvalue weighted by atomic mass is 10.2. The van der Waals surface area contributed by atoms with E-state index in [2.05, 4.69) is 10.3 Å². The van der Waals surface area contributed by atoms with E-state index in [1.165, 1.54) is 23.9 Å². The Balaban J connectivity index is 1.58. The van der Waals surface area contributed by atoms with E-state index in [9.17, 15) is 14.0 Å². The molecule has 7 heteroatoms. The number of halogens is 1. The quantitative estimate of drug-likeness (QED) is 0.578. The van der Waals surface area contributed by atoms with Crippen molar-refractivity contribution >= 4 is 40.1 Å². The molecule has 1 heterocycles. The van der Waals surface area contributed by atoms with Crippen LogP contribution in [0.2, 0.25) is 0 Å². The molecule has 0 aromatic heterocycles. The van der Waals surface area contributed by atoms with E-state index in [1.54, 1.807) is 17.0 Å². The third-order valence-corrected chi connectivity index (χ3v) is 6.14. The van der Waals surface area contributed by atoms with Crippen LogP contribution in [-0.2, 0) is 16.1 Å². The zero-order valence-corrected chi connectivity index (χ0v) is 18.3. The lowest BCUT2D eigenvalue weighted by Crippen LogP contribution is -2.44. The van der Waals surface area contributed by atoms with Gasteiger partial charge in [0.25, 0.3) is 0 Å². The number of thioether (sulfide) groups is 1. The van der Waals surface area contributed by atoms with Crippen molar-refractivity contribution < 1.29 is 14.0 Å². The Morgan fingerprint density at radius 3 is 2.56 bits per heavy atom. The number of hydrogen-bond donors (Lipinski definition) is 1. The molecular weight excluding hydrogens is 425 g/mol. The minimum Gasteiger partial charge on any atom is -0.325 e. The van der Waals surface area contributed by atoms with Gasteiger partial charge >= 0.3 is 0 Å². The molecule has 0 aliphatic carbocycles. The number of hydrogen-bond acceptors (Lipinski definition) is 4. The number of rotatable bonds is 5. The molecule has 1 fully saturated rings. The van der Waals surface area contributed by atoms with E-state index in [-0.39, 0.29) is 30.6 Å². The van der Waals surface area contributed by atoms with E-state index < -0.39 is 5.25 Å². The van der Waals surface area contributed by atoms with Crippen LogP contribution in [0.5, 0.6) is 0 Å². The molecule has 3 aromatic carbocycles. The molecule has 32 heavy (non-hydrogen) atoms. The van der Waals surface area contributed by atoms with Crippen LogP contribution in [0.3, 0.4) is 0 Å². The topological polar surface area (TPSA) is 61.8 Å². The SMILES string of the molecule is Cc1cccc(NC(=O)C2CC(=O)N(Cc3ccc(F)cc3)C(=Nc3ccccc3)S2)c1. The standard InChI is InChI=1S/C25H22FN3O2S/c1-17-6-5-9-21(14-17)27-24(31)22-15-23(30)29(16-18-10-12-19(26)13-11-18)25(32-22)28-20-7-3-2-4-8-20/h2-14,22H,15-16H2,1H3,(H,27,31). The fourth-order valence-electron chi connectivity index (χ4n) is 3.33. The zero-order valence-electron chi connectivity index (χ0n) is 17.5. The number of carbonyl (C=O) groups excluding carboxylic acids is 2. The van der Waals surface area contributed by atoms with Crippen LogP contribution in [0.4, 0.5) is 15.8 Å². The van der Waals surface area contributed by atoms with Crippen LogP contribution < -0.4 is 5.32 Å². The van der Waals surface area contributed by atoms with Crippen molar-refractivity contribution in [3.63, 3.8) is 0 Å². The number of amidine groups is 1. The number of amides is 2. The number of nitrogens with zero attached hydrogens (tertiary/aromatic N) is 2. The van der Waals surface area contributed by atoms with E-state index >= 15 is 0 Å². The van der Waals surface area contributed by atoms with Crippen LogP contribution in [0.25, 0.3) is 0 Å². The highest BCUT2D eigenvalue weighted by Gasteiger charge is 2.36. The molecule has 3 aromatic rings. The average molecular weight is 448 g/mol. The average Bonchev–Trinajstić information content (AvgIpc) is 2.78. The van der Waals surface area contributed by atoms with Gasteiger partial charge < -0.3 is 5.32 Å². The molecular formula is C25H22FN3O2S. The van der Waals surface area contributed by atoms with Crippen molar-refractivity contribution in [1.82, 2.24) is 4.90 Å². The van der Waals surface area contributed by atoms with Crippen LogP contribution in [0, 0.1) is 12.7 Å². The summed E-state index contributed by atoms with van der Waals surface area (Å²) in [6.45, 7) is 2.20. The van der Waals surface area contributed by atoms with Gasteiger partial charge in [0.1, 0.15) is 11.1 Å². The summed E-state index contributed by atoms with van der Waals surface area (Å²) in [6.07, 6.45) is 0.0529. The molecule has 0 saturated carbocycles. The monoisotopic (exact) mass is 447 g/mol. The number of benzene rings is 3. The van der Waals surface area contributed by atoms with Gasteiger partial charge in [0, 0.05) is 12.1 Å². The summed E-state index contributed by atoms with van der Waals surface area (Å²) in [5.74, 6) is -0.776. The second-order valence-electron chi connectivity index (χ2n) is 7.51. The first-order chi connectivity index (χ1) is 15.5. The molecule has 1 unspecified atom stereocenters. The maximum atomic E-state index is 13.3. The highest BCUT2D eigenvalue weighted by molar-refractivity contribution is 8.15. The number of aliphatic imine (C=N–C) groups is 1. The molecule has 1 aliphatic rings. The highest BCUT2D eigenvalue weighted by Crippen LogP contribution is 2.31.